The van der Waals surface area contributed by atoms with Crippen molar-refractivity contribution in [1.29, 1.82) is 0 Å². The third-order valence-electron chi connectivity index (χ3n) is 6.15. The minimum Gasteiger partial charge on any atom is -0.341 e. The average molecular weight is 443 g/mol. The van der Waals surface area contributed by atoms with Gasteiger partial charge in [-0.1, -0.05) is 18.2 Å². The largest absolute Gasteiger partial charge is 0.417 e. The predicted molar refractivity (Wildman–Crippen MR) is 109 cm³/mol. The van der Waals surface area contributed by atoms with Crippen LogP contribution in [0.2, 0.25) is 0 Å². The summed E-state index contributed by atoms with van der Waals surface area (Å²) in [5.74, 6) is -0.782. The van der Waals surface area contributed by atoms with Crippen molar-refractivity contribution in [3.63, 3.8) is 0 Å². The molecule has 0 saturated carbocycles. The summed E-state index contributed by atoms with van der Waals surface area (Å²) in [6.07, 6.45) is -2.03. The molecule has 7 nitrogen and oxygen atoms in total. The van der Waals surface area contributed by atoms with Crippen LogP contribution in [0, 0.1) is 0 Å². The third kappa shape index (κ3) is 3.59. The lowest BCUT2D eigenvalue weighted by molar-refractivity contribution is -0.138. The van der Waals surface area contributed by atoms with Gasteiger partial charge in [-0.05, 0) is 36.6 Å². The van der Waals surface area contributed by atoms with E-state index in [1.165, 1.54) is 10.5 Å². The van der Waals surface area contributed by atoms with Crippen molar-refractivity contribution in [3.05, 3.63) is 59.5 Å². The molecular formula is C22H20F3N5O2. The van der Waals surface area contributed by atoms with E-state index in [1.54, 1.807) is 17.0 Å². The highest BCUT2D eigenvalue weighted by molar-refractivity contribution is 6.01. The lowest BCUT2D eigenvalue weighted by atomic mass is 9.88. The molecule has 1 N–H and O–H groups in total. The second kappa shape index (κ2) is 7.61. The molecule has 0 bridgehead atoms. The van der Waals surface area contributed by atoms with Crippen LogP contribution < -0.4 is 5.32 Å². The molecule has 4 heterocycles. The number of pyridine rings is 1. The van der Waals surface area contributed by atoms with Crippen molar-refractivity contribution in [2.45, 2.75) is 37.3 Å². The fourth-order valence-corrected chi connectivity index (χ4v) is 4.59. The molecule has 0 spiro atoms. The summed E-state index contributed by atoms with van der Waals surface area (Å²) in [5, 5.41) is 10.9. The Morgan fingerprint density at radius 1 is 1.12 bits per heavy atom. The molecule has 0 aliphatic carbocycles. The van der Waals surface area contributed by atoms with Gasteiger partial charge in [-0.15, -0.1) is 10.2 Å². The SMILES string of the molecule is O=C1CC(C(=O)N2CCCC(c3nnc4ccc(C(F)(F)F)cn34)C2)c2ccccc2N1. The average Bonchev–Trinajstić information content (AvgIpc) is 3.21. The number of benzene rings is 1. The lowest BCUT2D eigenvalue weighted by Crippen LogP contribution is -2.43. The normalized spacial score (nSPS) is 21.3. The van der Waals surface area contributed by atoms with Crippen LogP contribution in [-0.2, 0) is 15.8 Å². The molecule has 2 amide bonds. The summed E-state index contributed by atoms with van der Waals surface area (Å²) < 4.78 is 40.9. The zero-order valence-electron chi connectivity index (χ0n) is 17.0. The molecule has 3 aromatic rings. The number of likely N-dealkylation sites (tertiary alicyclic amines) is 1. The second-order valence-corrected chi connectivity index (χ2v) is 8.22. The van der Waals surface area contributed by atoms with E-state index < -0.39 is 17.7 Å². The van der Waals surface area contributed by atoms with Crippen LogP contribution in [-0.4, -0.2) is 44.4 Å². The standard InChI is InChI=1S/C22H20F3N5O2/c23-22(24,25)14-7-8-18-27-28-20(30(18)12-14)13-4-3-9-29(11-13)21(32)16-10-19(31)26-17-6-2-1-5-15(16)17/h1-2,5-8,12-13,16H,3-4,9-11H2,(H,26,31). The highest BCUT2D eigenvalue weighted by atomic mass is 19.4. The van der Waals surface area contributed by atoms with Crippen LogP contribution in [0.4, 0.5) is 18.9 Å². The maximum absolute atomic E-state index is 13.4. The molecule has 2 unspecified atom stereocenters. The first kappa shape index (κ1) is 20.5. The van der Waals surface area contributed by atoms with Gasteiger partial charge in [0.1, 0.15) is 5.82 Å². The highest BCUT2D eigenvalue weighted by Gasteiger charge is 2.37. The van der Waals surface area contributed by atoms with Gasteiger partial charge in [-0.25, -0.2) is 0 Å². The second-order valence-electron chi connectivity index (χ2n) is 8.22. The molecule has 0 radical (unpaired) electrons. The Morgan fingerprint density at radius 3 is 2.75 bits per heavy atom. The Hall–Kier alpha value is -3.43. The number of hydrogen-bond donors (Lipinski definition) is 1. The van der Waals surface area contributed by atoms with E-state index in [0.717, 1.165) is 17.8 Å². The van der Waals surface area contributed by atoms with E-state index in [4.69, 9.17) is 0 Å². The summed E-state index contributed by atoms with van der Waals surface area (Å²) in [5.41, 5.74) is 0.967. The van der Waals surface area contributed by atoms with Gasteiger partial charge in [0, 0.05) is 37.3 Å². The van der Waals surface area contributed by atoms with Crippen LogP contribution in [0.5, 0.6) is 0 Å². The van der Waals surface area contributed by atoms with Crippen molar-refractivity contribution in [2.75, 3.05) is 18.4 Å². The Balaban J connectivity index is 1.42. The van der Waals surface area contributed by atoms with Gasteiger partial charge in [0.05, 0.1) is 11.5 Å². The highest BCUT2D eigenvalue weighted by Crippen LogP contribution is 2.36. The van der Waals surface area contributed by atoms with Crippen LogP contribution in [0.3, 0.4) is 0 Å². The monoisotopic (exact) mass is 443 g/mol. The molecular weight excluding hydrogens is 423 g/mol. The van der Waals surface area contributed by atoms with E-state index in [9.17, 15) is 22.8 Å². The van der Waals surface area contributed by atoms with Gasteiger partial charge >= 0.3 is 6.18 Å². The Labute approximate surface area is 181 Å². The van der Waals surface area contributed by atoms with Crippen molar-refractivity contribution in [2.24, 2.45) is 0 Å². The number of fused-ring (bicyclic) bond motifs is 2. The Kier molecular flexibility index (Phi) is 4.87. The topological polar surface area (TPSA) is 79.6 Å². The van der Waals surface area contributed by atoms with Crippen LogP contribution >= 0.6 is 0 Å². The van der Waals surface area contributed by atoms with E-state index in [0.29, 0.717) is 43.1 Å². The molecule has 2 aliphatic heterocycles. The predicted octanol–water partition coefficient (Wildman–Crippen LogP) is 3.58. The Morgan fingerprint density at radius 2 is 1.94 bits per heavy atom. The molecule has 1 saturated heterocycles. The summed E-state index contributed by atoms with van der Waals surface area (Å²) in [6.45, 7) is 0.844. The molecule has 1 fully saturated rings. The number of nitrogens with zero attached hydrogens (tertiary/aromatic N) is 4. The van der Waals surface area contributed by atoms with Crippen LogP contribution in [0.25, 0.3) is 5.65 Å². The van der Waals surface area contributed by atoms with E-state index in [-0.39, 0.29) is 24.2 Å². The molecule has 32 heavy (non-hydrogen) atoms. The molecule has 5 rings (SSSR count). The van der Waals surface area contributed by atoms with Crippen molar-refractivity contribution >= 4 is 23.1 Å². The van der Waals surface area contributed by atoms with Gasteiger partial charge in [-0.2, -0.15) is 13.2 Å². The number of alkyl halides is 3. The number of para-hydroxylation sites is 1. The maximum Gasteiger partial charge on any atom is 0.417 e. The van der Waals surface area contributed by atoms with Gasteiger partial charge < -0.3 is 10.2 Å². The molecule has 2 atom stereocenters. The minimum absolute atomic E-state index is 0.0693. The fourth-order valence-electron chi connectivity index (χ4n) is 4.59. The van der Waals surface area contributed by atoms with E-state index in [2.05, 4.69) is 15.5 Å². The van der Waals surface area contributed by atoms with Gasteiger partial charge in [0.15, 0.2) is 5.65 Å². The first-order valence-corrected chi connectivity index (χ1v) is 10.4. The summed E-state index contributed by atoms with van der Waals surface area (Å²) >= 11 is 0. The van der Waals surface area contributed by atoms with E-state index in [1.807, 2.05) is 12.1 Å². The smallest absolute Gasteiger partial charge is 0.341 e. The number of halogens is 3. The van der Waals surface area contributed by atoms with Crippen molar-refractivity contribution in [1.82, 2.24) is 19.5 Å². The number of carbonyl (C=O) groups is 2. The lowest BCUT2D eigenvalue weighted by Gasteiger charge is -2.35. The first-order chi connectivity index (χ1) is 15.3. The van der Waals surface area contributed by atoms with Crippen LogP contribution in [0.1, 0.15) is 48.0 Å². The molecule has 2 aromatic heterocycles. The van der Waals surface area contributed by atoms with E-state index >= 15 is 0 Å². The first-order valence-electron chi connectivity index (χ1n) is 10.4. The number of carbonyl (C=O) groups excluding carboxylic acids is 2. The number of hydrogen-bond acceptors (Lipinski definition) is 4. The number of nitrogens with one attached hydrogen (secondary N) is 1. The quantitative estimate of drug-likeness (QED) is 0.657. The zero-order valence-corrected chi connectivity index (χ0v) is 17.0. The molecule has 1 aromatic carbocycles. The summed E-state index contributed by atoms with van der Waals surface area (Å²) in [4.78, 5) is 27.2. The number of amides is 2. The maximum atomic E-state index is 13.4. The summed E-state index contributed by atoms with van der Waals surface area (Å²) in [7, 11) is 0. The fraction of sp³-hybridized carbons (Fsp3) is 0.364. The number of piperidine rings is 1. The van der Waals surface area contributed by atoms with Gasteiger partial charge in [0.2, 0.25) is 11.8 Å². The third-order valence-corrected chi connectivity index (χ3v) is 6.15. The summed E-state index contributed by atoms with van der Waals surface area (Å²) in [6, 6.07) is 9.51. The zero-order chi connectivity index (χ0) is 22.5. The van der Waals surface area contributed by atoms with Crippen LogP contribution in [0.15, 0.2) is 42.6 Å². The van der Waals surface area contributed by atoms with Gasteiger partial charge in [-0.3, -0.25) is 14.0 Å². The molecule has 166 valence electrons. The molecule has 2 aliphatic rings. The number of aromatic nitrogens is 3. The van der Waals surface area contributed by atoms with Crippen molar-refractivity contribution in [3.8, 4) is 0 Å². The minimum atomic E-state index is -4.47. The number of anilines is 1. The molecule has 10 heteroatoms. The Bertz CT molecular complexity index is 1210. The van der Waals surface area contributed by atoms with Crippen molar-refractivity contribution < 1.29 is 22.8 Å². The number of rotatable bonds is 2. The van der Waals surface area contributed by atoms with Gasteiger partial charge in [0.25, 0.3) is 0 Å².